The molecule has 1 aliphatic carbocycles. The lowest BCUT2D eigenvalue weighted by Crippen LogP contribution is -2.33. The second kappa shape index (κ2) is 9.99. The number of rotatable bonds is 10. The van der Waals surface area contributed by atoms with Gasteiger partial charge >= 0.3 is 0 Å². The van der Waals surface area contributed by atoms with E-state index in [-0.39, 0.29) is 12.0 Å². The van der Waals surface area contributed by atoms with Crippen molar-refractivity contribution in [3.8, 4) is 11.4 Å². The van der Waals surface area contributed by atoms with Crippen LogP contribution in [0, 0.1) is 11.8 Å². The summed E-state index contributed by atoms with van der Waals surface area (Å²) >= 11 is 0. The van der Waals surface area contributed by atoms with E-state index < -0.39 is 15.3 Å². The van der Waals surface area contributed by atoms with Crippen LogP contribution >= 0.6 is 0 Å². The summed E-state index contributed by atoms with van der Waals surface area (Å²) in [4.78, 5) is 12.6. The molecular formula is C26H36N6O2S. The lowest BCUT2D eigenvalue weighted by Gasteiger charge is -2.22. The Balaban J connectivity index is 1.64. The summed E-state index contributed by atoms with van der Waals surface area (Å²) in [6.45, 7) is 8.44. The van der Waals surface area contributed by atoms with Gasteiger partial charge in [0.2, 0.25) is 10.0 Å². The molecule has 0 radical (unpaired) electrons. The van der Waals surface area contributed by atoms with Crippen LogP contribution in [0.3, 0.4) is 0 Å². The van der Waals surface area contributed by atoms with Crippen LogP contribution < -0.4 is 15.4 Å². The van der Waals surface area contributed by atoms with E-state index in [0.29, 0.717) is 29.3 Å². The van der Waals surface area contributed by atoms with Gasteiger partial charge in [-0.3, -0.25) is 4.31 Å². The van der Waals surface area contributed by atoms with Crippen molar-refractivity contribution in [2.75, 3.05) is 23.2 Å². The Hall–Kier alpha value is -2.91. The molecule has 4 N–H and O–H groups in total. The van der Waals surface area contributed by atoms with Gasteiger partial charge in [-0.25, -0.2) is 18.4 Å². The monoisotopic (exact) mass is 496 g/mol. The number of nitrogens with one attached hydrogen (secondary N) is 2. The lowest BCUT2D eigenvalue weighted by atomic mass is 9.93. The predicted molar refractivity (Wildman–Crippen MR) is 142 cm³/mol. The highest BCUT2D eigenvalue weighted by atomic mass is 32.2. The Labute approximate surface area is 208 Å². The summed E-state index contributed by atoms with van der Waals surface area (Å²) in [6.07, 6.45) is 3.00. The minimum Gasteiger partial charge on any atom is -0.370 e. The van der Waals surface area contributed by atoms with Gasteiger partial charge in [-0.05, 0) is 49.8 Å². The van der Waals surface area contributed by atoms with Crippen LogP contribution in [-0.2, 0) is 10.0 Å². The SMILES string of the molecule is CC1CC1CNc1cc(-c2ncc([C@H](C)C(N)c3ccccc3)[nH]2)cc(N(C)S(=O)(=O)C(C)C)n1. The fraction of sp³-hybridized carbons (Fsp3) is 0.462. The summed E-state index contributed by atoms with van der Waals surface area (Å²) in [6, 6.07) is 13.5. The normalized spacial score (nSPS) is 19.4. The standard InChI is InChI=1S/C26H36N6O2S/c1-16(2)35(33,34)32(5)24-13-20(12-23(31-24)28-14-21-11-17(21)3)26-29-15-22(30-26)18(4)25(27)19-9-7-6-8-10-19/h6-10,12-13,15-18,21,25H,11,14,27H2,1-5H3,(H,28,31)(H,29,30)/t17?,18-,21?,25?/m0/s1. The Morgan fingerprint density at radius 1 is 1.20 bits per heavy atom. The number of nitrogens with two attached hydrogens (primary N) is 1. The Morgan fingerprint density at radius 3 is 2.51 bits per heavy atom. The Kier molecular flexibility index (Phi) is 7.19. The molecule has 1 saturated carbocycles. The third kappa shape index (κ3) is 5.51. The van der Waals surface area contributed by atoms with Gasteiger partial charge in [0.1, 0.15) is 17.5 Å². The summed E-state index contributed by atoms with van der Waals surface area (Å²) in [5, 5.41) is 2.84. The van der Waals surface area contributed by atoms with Crippen molar-refractivity contribution >= 4 is 21.7 Å². The van der Waals surface area contributed by atoms with Crippen molar-refractivity contribution in [3.63, 3.8) is 0 Å². The smallest absolute Gasteiger partial charge is 0.238 e. The van der Waals surface area contributed by atoms with Crippen molar-refractivity contribution in [2.24, 2.45) is 17.6 Å². The van der Waals surface area contributed by atoms with E-state index in [9.17, 15) is 8.42 Å². The zero-order valence-corrected chi connectivity index (χ0v) is 21.9. The molecule has 2 aromatic heterocycles. The van der Waals surface area contributed by atoms with Crippen LogP contribution in [0.25, 0.3) is 11.4 Å². The summed E-state index contributed by atoms with van der Waals surface area (Å²) < 4.78 is 26.9. The summed E-state index contributed by atoms with van der Waals surface area (Å²) in [5.74, 6) is 2.98. The van der Waals surface area contributed by atoms with Crippen molar-refractivity contribution < 1.29 is 8.42 Å². The molecule has 3 unspecified atom stereocenters. The first-order valence-corrected chi connectivity index (χ1v) is 13.7. The molecule has 0 aliphatic heterocycles. The van der Waals surface area contributed by atoms with E-state index in [1.165, 1.54) is 10.7 Å². The van der Waals surface area contributed by atoms with Crippen molar-refractivity contribution in [1.29, 1.82) is 0 Å². The zero-order chi connectivity index (χ0) is 25.3. The third-order valence-electron chi connectivity index (χ3n) is 7.02. The first kappa shape index (κ1) is 25.2. The van der Waals surface area contributed by atoms with Gasteiger partial charge in [0.05, 0.1) is 5.25 Å². The van der Waals surface area contributed by atoms with Gasteiger partial charge in [0.25, 0.3) is 0 Å². The van der Waals surface area contributed by atoms with Gasteiger partial charge < -0.3 is 16.0 Å². The molecule has 0 amide bonds. The fourth-order valence-corrected chi connectivity index (χ4v) is 5.13. The first-order chi connectivity index (χ1) is 16.6. The summed E-state index contributed by atoms with van der Waals surface area (Å²) in [7, 11) is -1.98. The van der Waals surface area contributed by atoms with Gasteiger partial charge in [0.15, 0.2) is 0 Å². The highest BCUT2D eigenvalue weighted by Crippen LogP contribution is 2.38. The lowest BCUT2D eigenvalue weighted by molar-refractivity contribution is 0.585. The molecule has 4 atom stereocenters. The van der Waals surface area contributed by atoms with E-state index in [4.69, 9.17) is 5.73 Å². The minimum atomic E-state index is -3.53. The number of pyridine rings is 1. The van der Waals surface area contributed by atoms with Crippen molar-refractivity contribution in [1.82, 2.24) is 15.0 Å². The largest absolute Gasteiger partial charge is 0.370 e. The van der Waals surface area contributed by atoms with E-state index in [2.05, 4.69) is 34.1 Å². The quantitative estimate of drug-likeness (QED) is 0.380. The molecule has 4 rings (SSSR count). The van der Waals surface area contributed by atoms with E-state index in [1.54, 1.807) is 33.2 Å². The highest BCUT2D eigenvalue weighted by molar-refractivity contribution is 7.93. The topological polar surface area (TPSA) is 117 Å². The second-order valence-corrected chi connectivity index (χ2v) is 12.4. The number of H-pyrrole nitrogens is 1. The molecule has 3 aromatic rings. The van der Waals surface area contributed by atoms with Crippen LogP contribution in [0.15, 0.2) is 48.7 Å². The van der Waals surface area contributed by atoms with Crippen LogP contribution in [0.4, 0.5) is 11.6 Å². The zero-order valence-electron chi connectivity index (χ0n) is 21.1. The molecule has 35 heavy (non-hydrogen) atoms. The van der Waals surface area contributed by atoms with Gasteiger partial charge in [-0.15, -0.1) is 0 Å². The average Bonchev–Trinajstić information content (AvgIpc) is 3.34. The molecule has 0 spiro atoms. The number of imidazole rings is 1. The third-order valence-corrected chi connectivity index (χ3v) is 9.16. The Bertz CT molecular complexity index is 1260. The molecule has 1 aliphatic rings. The van der Waals surface area contributed by atoms with Crippen LogP contribution in [-0.4, -0.2) is 42.2 Å². The number of hydrogen-bond donors (Lipinski definition) is 3. The molecule has 2 heterocycles. The minimum absolute atomic E-state index is 0.0119. The Morgan fingerprint density at radius 2 is 1.89 bits per heavy atom. The van der Waals surface area contributed by atoms with E-state index >= 15 is 0 Å². The second-order valence-electron chi connectivity index (χ2n) is 9.93. The van der Waals surface area contributed by atoms with Crippen LogP contribution in [0.5, 0.6) is 0 Å². The van der Waals surface area contributed by atoms with E-state index in [0.717, 1.165) is 23.4 Å². The number of aromatic nitrogens is 3. The summed E-state index contributed by atoms with van der Waals surface area (Å²) in [5.41, 5.74) is 9.26. The number of sulfonamides is 1. The molecule has 9 heteroatoms. The van der Waals surface area contributed by atoms with Gasteiger partial charge in [-0.2, -0.15) is 0 Å². The molecule has 1 aromatic carbocycles. The number of hydrogen-bond acceptors (Lipinski definition) is 6. The average molecular weight is 497 g/mol. The fourth-order valence-electron chi connectivity index (χ4n) is 4.14. The van der Waals surface area contributed by atoms with Crippen LogP contribution in [0.1, 0.15) is 57.3 Å². The molecule has 188 valence electrons. The maximum Gasteiger partial charge on any atom is 0.238 e. The maximum atomic E-state index is 12.8. The molecule has 0 saturated heterocycles. The highest BCUT2D eigenvalue weighted by Gasteiger charge is 2.32. The molecular weight excluding hydrogens is 460 g/mol. The van der Waals surface area contributed by atoms with Crippen molar-refractivity contribution in [3.05, 3.63) is 59.9 Å². The maximum absolute atomic E-state index is 12.8. The molecule has 0 bridgehead atoms. The number of anilines is 2. The van der Waals surface area contributed by atoms with E-state index in [1.807, 2.05) is 36.4 Å². The number of benzene rings is 1. The van der Waals surface area contributed by atoms with Crippen molar-refractivity contribution in [2.45, 2.75) is 51.3 Å². The van der Waals surface area contributed by atoms with Crippen LogP contribution in [0.2, 0.25) is 0 Å². The molecule has 8 nitrogen and oxygen atoms in total. The number of aromatic amines is 1. The first-order valence-electron chi connectivity index (χ1n) is 12.2. The predicted octanol–water partition coefficient (Wildman–Crippen LogP) is 4.52. The number of nitrogens with zero attached hydrogens (tertiary/aromatic N) is 3. The molecule has 1 fully saturated rings. The van der Waals surface area contributed by atoms with Gasteiger partial charge in [0, 0.05) is 43.0 Å². The van der Waals surface area contributed by atoms with Gasteiger partial charge in [-0.1, -0.05) is 44.2 Å².